The maximum Gasteiger partial charge on any atom is 0.411 e. The molecule has 0 aliphatic carbocycles. The predicted molar refractivity (Wildman–Crippen MR) is 58.2 cm³/mol. The number of carbonyl (C=O) groups is 1. The zero-order valence-corrected chi connectivity index (χ0v) is 8.89. The number of nitrogens with zero attached hydrogens (tertiary/aromatic N) is 1. The molecule has 1 saturated heterocycles. The molecule has 2 rings (SSSR count). The minimum absolute atomic E-state index is 0.0585. The van der Waals surface area contributed by atoms with Crippen LogP contribution in [0.15, 0.2) is 24.5 Å². The Bertz CT molecular complexity index is 336. The van der Waals surface area contributed by atoms with Crippen molar-refractivity contribution in [2.45, 2.75) is 18.9 Å². The number of carbonyl (C=O) groups excluding carboxylic acids is 1. The fraction of sp³-hybridized carbons (Fsp3) is 0.455. The van der Waals surface area contributed by atoms with Crippen LogP contribution in [0.4, 0.5) is 10.5 Å². The van der Waals surface area contributed by atoms with Crippen molar-refractivity contribution in [1.82, 2.24) is 4.98 Å². The molecule has 1 N–H and O–H groups in total. The van der Waals surface area contributed by atoms with Crippen molar-refractivity contribution in [3.8, 4) is 0 Å². The highest BCUT2D eigenvalue weighted by Gasteiger charge is 2.17. The van der Waals surface area contributed by atoms with Crippen molar-refractivity contribution in [2.24, 2.45) is 0 Å². The Balaban J connectivity index is 1.72. The van der Waals surface area contributed by atoms with E-state index in [4.69, 9.17) is 9.47 Å². The molecule has 1 aliphatic rings. The van der Waals surface area contributed by atoms with Crippen LogP contribution in [0.5, 0.6) is 0 Å². The van der Waals surface area contributed by atoms with Crippen LogP contribution in [-0.4, -0.2) is 30.4 Å². The third-order valence-electron chi connectivity index (χ3n) is 2.35. The van der Waals surface area contributed by atoms with Crippen molar-refractivity contribution in [2.75, 3.05) is 18.5 Å². The zero-order valence-electron chi connectivity index (χ0n) is 8.89. The second-order valence-corrected chi connectivity index (χ2v) is 3.59. The topological polar surface area (TPSA) is 60.5 Å². The number of nitrogens with one attached hydrogen (secondary N) is 1. The average molecular weight is 222 g/mol. The monoisotopic (exact) mass is 222 g/mol. The summed E-state index contributed by atoms with van der Waals surface area (Å²) in [7, 11) is 0. The quantitative estimate of drug-likeness (QED) is 0.847. The molecule has 0 unspecified atom stereocenters. The van der Waals surface area contributed by atoms with Crippen LogP contribution >= 0.6 is 0 Å². The van der Waals surface area contributed by atoms with Crippen molar-refractivity contribution < 1.29 is 14.3 Å². The van der Waals surface area contributed by atoms with E-state index in [1.165, 1.54) is 0 Å². The Kier molecular flexibility index (Phi) is 3.71. The predicted octanol–water partition coefficient (Wildman–Crippen LogP) is 1.81. The first-order valence-corrected chi connectivity index (χ1v) is 5.30. The van der Waals surface area contributed by atoms with E-state index in [0.717, 1.165) is 19.4 Å². The van der Waals surface area contributed by atoms with Gasteiger partial charge < -0.3 is 9.47 Å². The summed E-state index contributed by atoms with van der Waals surface area (Å²) in [6.07, 6.45) is 4.82. The van der Waals surface area contributed by atoms with Crippen molar-refractivity contribution >= 4 is 11.8 Å². The summed E-state index contributed by atoms with van der Waals surface area (Å²) in [4.78, 5) is 15.2. The number of aromatic nitrogens is 1. The van der Waals surface area contributed by atoms with Crippen LogP contribution in [-0.2, 0) is 9.47 Å². The van der Waals surface area contributed by atoms with Gasteiger partial charge in [0.05, 0.1) is 6.10 Å². The largest absolute Gasteiger partial charge is 0.447 e. The van der Waals surface area contributed by atoms with Crippen LogP contribution < -0.4 is 5.32 Å². The summed E-state index contributed by atoms with van der Waals surface area (Å²) in [5.74, 6) is 0. The molecule has 0 bridgehead atoms. The number of pyridine rings is 1. The lowest BCUT2D eigenvalue weighted by Crippen LogP contribution is -2.21. The van der Waals surface area contributed by atoms with Gasteiger partial charge in [0, 0.05) is 24.7 Å². The molecule has 5 heteroatoms. The summed E-state index contributed by atoms with van der Waals surface area (Å²) in [6.45, 7) is 1.08. The molecule has 5 nitrogen and oxygen atoms in total. The number of anilines is 1. The Morgan fingerprint density at radius 2 is 2.38 bits per heavy atom. The normalized spacial score (nSPS) is 19.4. The third kappa shape index (κ3) is 3.20. The maximum absolute atomic E-state index is 11.4. The fourth-order valence-corrected chi connectivity index (χ4v) is 1.53. The molecular formula is C11H14N2O3. The van der Waals surface area contributed by atoms with Crippen LogP contribution in [0.3, 0.4) is 0 Å². The number of rotatable bonds is 3. The molecule has 2 heterocycles. The molecule has 0 aromatic carbocycles. The summed E-state index contributed by atoms with van der Waals surface area (Å²) in [6, 6.07) is 3.40. The average Bonchev–Trinajstić information content (AvgIpc) is 2.81. The third-order valence-corrected chi connectivity index (χ3v) is 2.35. The first-order chi connectivity index (χ1) is 7.84. The molecule has 1 aliphatic heterocycles. The molecule has 0 saturated carbocycles. The maximum atomic E-state index is 11.4. The van der Waals surface area contributed by atoms with Gasteiger partial charge in [-0.3, -0.25) is 10.3 Å². The van der Waals surface area contributed by atoms with Crippen molar-refractivity contribution in [3.63, 3.8) is 0 Å². The van der Waals surface area contributed by atoms with E-state index in [9.17, 15) is 4.79 Å². The van der Waals surface area contributed by atoms with Crippen LogP contribution in [0.1, 0.15) is 12.8 Å². The molecule has 1 aromatic rings. The van der Waals surface area contributed by atoms with E-state index < -0.39 is 6.09 Å². The smallest absolute Gasteiger partial charge is 0.411 e. The van der Waals surface area contributed by atoms with Gasteiger partial charge in [-0.15, -0.1) is 0 Å². The molecule has 86 valence electrons. The van der Waals surface area contributed by atoms with Gasteiger partial charge >= 0.3 is 6.09 Å². The van der Waals surface area contributed by atoms with E-state index in [2.05, 4.69) is 10.3 Å². The van der Waals surface area contributed by atoms with E-state index in [1.54, 1.807) is 24.5 Å². The summed E-state index contributed by atoms with van der Waals surface area (Å²) < 4.78 is 10.4. The summed E-state index contributed by atoms with van der Waals surface area (Å²) in [5.41, 5.74) is 0.673. The molecule has 1 fully saturated rings. The summed E-state index contributed by atoms with van der Waals surface area (Å²) >= 11 is 0. The van der Waals surface area contributed by atoms with Gasteiger partial charge in [-0.25, -0.2) is 4.79 Å². The van der Waals surface area contributed by atoms with E-state index in [1.807, 2.05) is 0 Å². The minimum Gasteiger partial charge on any atom is -0.447 e. The van der Waals surface area contributed by atoms with Gasteiger partial charge in [0.2, 0.25) is 0 Å². The lowest BCUT2D eigenvalue weighted by Gasteiger charge is -2.10. The van der Waals surface area contributed by atoms with Gasteiger partial charge in [0.15, 0.2) is 0 Å². The molecule has 1 atom stereocenters. The number of hydrogen-bond acceptors (Lipinski definition) is 4. The van der Waals surface area contributed by atoms with Crippen LogP contribution in [0.25, 0.3) is 0 Å². The van der Waals surface area contributed by atoms with Gasteiger partial charge in [0.1, 0.15) is 6.61 Å². The van der Waals surface area contributed by atoms with E-state index in [0.29, 0.717) is 12.3 Å². The second-order valence-electron chi connectivity index (χ2n) is 3.59. The molecule has 0 spiro atoms. The first-order valence-electron chi connectivity index (χ1n) is 5.30. The second kappa shape index (κ2) is 5.46. The first kappa shape index (κ1) is 10.9. The fourth-order valence-electron chi connectivity index (χ4n) is 1.53. The molecule has 16 heavy (non-hydrogen) atoms. The molecule has 1 amide bonds. The minimum atomic E-state index is -0.457. The Morgan fingerprint density at radius 1 is 1.56 bits per heavy atom. The van der Waals surface area contributed by atoms with Gasteiger partial charge in [0.25, 0.3) is 0 Å². The van der Waals surface area contributed by atoms with Gasteiger partial charge in [-0.2, -0.15) is 0 Å². The Morgan fingerprint density at radius 3 is 3.06 bits per heavy atom. The Labute approximate surface area is 93.8 Å². The lowest BCUT2D eigenvalue weighted by molar-refractivity contribution is 0.0484. The zero-order chi connectivity index (χ0) is 11.2. The molecule has 1 aromatic heterocycles. The molecule has 0 radical (unpaired) electrons. The number of hydrogen-bond donors (Lipinski definition) is 1. The lowest BCUT2D eigenvalue weighted by atomic mass is 10.2. The van der Waals surface area contributed by atoms with E-state index in [-0.39, 0.29) is 6.10 Å². The van der Waals surface area contributed by atoms with Crippen molar-refractivity contribution in [3.05, 3.63) is 24.5 Å². The standard InChI is InChI=1S/C11H14N2O3/c14-11(13-9-3-5-12-6-4-9)16-8-10-2-1-7-15-10/h3-6,10H,1-2,7-8H2,(H,12,13,14)/t10-/m0/s1. The number of amides is 1. The Hall–Kier alpha value is -1.62. The van der Waals surface area contributed by atoms with E-state index >= 15 is 0 Å². The SMILES string of the molecule is O=C(Nc1ccncc1)OC[C@@H]1CCCO1. The molecular weight excluding hydrogens is 208 g/mol. The highest BCUT2D eigenvalue weighted by molar-refractivity contribution is 5.84. The summed E-state index contributed by atoms with van der Waals surface area (Å²) in [5, 5.41) is 2.61. The highest BCUT2D eigenvalue weighted by Crippen LogP contribution is 2.12. The van der Waals surface area contributed by atoms with Gasteiger partial charge in [-0.05, 0) is 25.0 Å². The van der Waals surface area contributed by atoms with Crippen molar-refractivity contribution in [1.29, 1.82) is 0 Å². The van der Waals surface area contributed by atoms with Gasteiger partial charge in [-0.1, -0.05) is 0 Å². The number of ether oxygens (including phenoxy) is 2. The van der Waals surface area contributed by atoms with Crippen LogP contribution in [0.2, 0.25) is 0 Å². The highest BCUT2D eigenvalue weighted by atomic mass is 16.6. The van der Waals surface area contributed by atoms with Crippen LogP contribution in [0, 0.1) is 0 Å².